The third kappa shape index (κ3) is 2.07. The Morgan fingerprint density at radius 3 is 3.13 bits per heavy atom. The molecule has 15 heavy (non-hydrogen) atoms. The van der Waals surface area contributed by atoms with Gasteiger partial charge in [-0.2, -0.15) is 0 Å². The molecule has 5 heteroatoms. The van der Waals surface area contributed by atoms with Crippen LogP contribution in [-0.4, -0.2) is 29.5 Å². The molecule has 0 radical (unpaired) electrons. The molecule has 1 atom stereocenters. The standard InChI is InChI=1S/C10H13BN2O2/c1-7-4-9-8(2-3-10(14)12-9)5-13(7)6-11-15/h2-3,7H,4-6H2,1H3,(H,12,14). The van der Waals surface area contributed by atoms with Crippen LogP contribution in [0.2, 0.25) is 0 Å². The zero-order valence-corrected chi connectivity index (χ0v) is 8.69. The van der Waals surface area contributed by atoms with Crippen molar-refractivity contribution in [3.8, 4) is 0 Å². The van der Waals surface area contributed by atoms with Crippen molar-refractivity contribution in [3.05, 3.63) is 33.7 Å². The van der Waals surface area contributed by atoms with Crippen LogP contribution in [0, 0.1) is 0 Å². The summed E-state index contributed by atoms with van der Waals surface area (Å²) in [7, 11) is 0.924. The Bertz CT molecular complexity index is 430. The summed E-state index contributed by atoms with van der Waals surface area (Å²) in [5.41, 5.74) is 2.08. The predicted molar refractivity (Wildman–Crippen MR) is 57.1 cm³/mol. The maximum absolute atomic E-state index is 11.1. The average molecular weight is 204 g/mol. The zero-order valence-electron chi connectivity index (χ0n) is 8.69. The fourth-order valence-electron chi connectivity index (χ4n) is 2.02. The summed E-state index contributed by atoms with van der Waals surface area (Å²) in [5.74, 6) is 0. The van der Waals surface area contributed by atoms with E-state index >= 15 is 0 Å². The number of fused-ring (bicyclic) bond motifs is 1. The Kier molecular flexibility index (Phi) is 2.82. The Morgan fingerprint density at radius 2 is 2.40 bits per heavy atom. The van der Waals surface area contributed by atoms with E-state index < -0.39 is 0 Å². The molecule has 1 aliphatic rings. The molecule has 78 valence electrons. The molecule has 0 aliphatic carbocycles. The number of hydrogen-bond donors (Lipinski definition) is 1. The van der Waals surface area contributed by atoms with E-state index in [0.717, 1.165) is 31.4 Å². The number of H-pyrrole nitrogens is 1. The van der Waals surface area contributed by atoms with Crippen molar-refractivity contribution in [3.63, 3.8) is 0 Å². The van der Waals surface area contributed by atoms with Gasteiger partial charge in [0.05, 0.1) is 0 Å². The van der Waals surface area contributed by atoms with Crippen LogP contribution in [-0.2, 0) is 17.7 Å². The molecule has 1 aromatic heterocycles. The number of nitrogens with one attached hydrogen (secondary N) is 1. The topological polar surface area (TPSA) is 53.2 Å². The van der Waals surface area contributed by atoms with Crippen LogP contribution in [0.15, 0.2) is 16.9 Å². The van der Waals surface area contributed by atoms with E-state index in [9.17, 15) is 9.50 Å². The number of pyridine rings is 1. The molecule has 2 rings (SSSR count). The van der Waals surface area contributed by atoms with E-state index in [4.69, 9.17) is 0 Å². The second-order valence-corrected chi connectivity index (χ2v) is 3.98. The number of hydrogen-bond acceptors (Lipinski definition) is 3. The fraction of sp³-hybridized carbons (Fsp3) is 0.500. The Labute approximate surface area is 88.6 Å². The van der Waals surface area contributed by atoms with Gasteiger partial charge in [-0.1, -0.05) is 0 Å². The summed E-state index contributed by atoms with van der Waals surface area (Å²) in [6.45, 7) is 2.81. The van der Waals surface area contributed by atoms with Crippen LogP contribution >= 0.6 is 0 Å². The Balaban J connectivity index is 2.29. The molecule has 0 spiro atoms. The zero-order chi connectivity index (χ0) is 10.8. The van der Waals surface area contributed by atoms with Crippen LogP contribution in [0.5, 0.6) is 0 Å². The van der Waals surface area contributed by atoms with Crippen molar-refractivity contribution in [2.45, 2.75) is 25.9 Å². The van der Waals surface area contributed by atoms with Crippen molar-refractivity contribution < 1.29 is 4.70 Å². The van der Waals surface area contributed by atoms with Gasteiger partial charge in [0.15, 0.2) is 0 Å². The first kappa shape index (κ1) is 10.3. The Morgan fingerprint density at radius 1 is 1.60 bits per heavy atom. The van der Waals surface area contributed by atoms with Gasteiger partial charge in [0.1, 0.15) is 0 Å². The molecule has 1 aromatic rings. The Hall–Kier alpha value is -1.23. The van der Waals surface area contributed by atoms with Gasteiger partial charge in [0, 0.05) is 0 Å². The number of rotatable bonds is 2. The first-order chi connectivity index (χ1) is 7.20. The van der Waals surface area contributed by atoms with Crippen LogP contribution in [0.25, 0.3) is 0 Å². The second kappa shape index (κ2) is 4.10. The van der Waals surface area contributed by atoms with Crippen molar-refractivity contribution in [2.75, 3.05) is 6.44 Å². The van der Waals surface area contributed by atoms with E-state index in [1.165, 1.54) is 6.07 Å². The van der Waals surface area contributed by atoms with Crippen molar-refractivity contribution in [1.29, 1.82) is 0 Å². The molecule has 4 nitrogen and oxygen atoms in total. The monoisotopic (exact) mass is 204 g/mol. The molecule has 1 N–H and O–H groups in total. The predicted octanol–water partition coefficient (Wildman–Crippen LogP) is 0.129. The number of nitrogens with zero attached hydrogens (tertiary/aromatic N) is 1. The third-order valence-electron chi connectivity index (χ3n) is 2.90. The minimum absolute atomic E-state index is 0.0511. The van der Waals surface area contributed by atoms with Gasteiger partial charge in [0.25, 0.3) is 0 Å². The first-order valence-electron chi connectivity index (χ1n) is 5.09. The molecule has 0 amide bonds. The van der Waals surface area contributed by atoms with Gasteiger partial charge in [-0.3, -0.25) is 0 Å². The summed E-state index contributed by atoms with van der Waals surface area (Å²) in [5, 5.41) is 0. The fourth-order valence-corrected chi connectivity index (χ4v) is 2.02. The van der Waals surface area contributed by atoms with Crippen LogP contribution in [0.3, 0.4) is 0 Å². The molecule has 0 saturated heterocycles. The molecular weight excluding hydrogens is 191 g/mol. The maximum atomic E-state index is 11.1. The van der Waals surface area contributed by atoms with E-state index in [2.05, 4.69) is 16.8 Å². The number of aromatic amines is 1. The average Bonchev–Trinajstić information content (AvgIpc) is 2.20. The molecular formula is C10H13BN2O2. The van der Waals surface area contributed by atoms with E-state index in [-0.39, 0.29) is 5.56 Å². The van der Waals surface area contributed by atoms with Gasteiger partial charge in [-0.05, 0) is 0 Å². The van der Waals surface area contributed by atoms with E-state index in [0.29, 0.717) is 12.5 Å². The SMILES string of the molecule is CC1Cc2[nH]c(=O)ccc2CN1CB=O. The van der Waals surface area contributed by atoms with Crippen LogP contribution < -0.4 is 5.56 Å². The third-order valence-corrected chi connectivity index (χ3v) is 2.90. The normalized spacial score (nSPS) is 20.7. The molecule has 1 aliphatic heterocycles. The van der Waals surface area contributed by atoms with Gasteiger partial charge in [-0.25, -0.2) is 0 Å². The van der Waals surface area contributed by atoms with Crippen molar-refractivity contribution >= 4 is 7.15 Å². The summed E-state index contributed by atoms with van der Waals surface area (Å²) in [6, 6.07) is 3.69. The van der Waals surface area contributed by atoms with Crippen molar-refractivity contribution in [2.24, 2.45) is 0 Å². The van der Waals surface area contributed by atoms with Gasteiger partial charge in [-0.15, -0.1) is 0 Å². The van der Waals surface area contributed by atoms with Gasteiger partial charge < -0.3 is 0 Å². The summed E-state index contributed by atoms with van der Waals surface area (Å²) in [4.78, 5) is 16.1. The summed E-state index contributed by atoms with van der Waals surface area (Å²) in [6.07, 6.45) is 1.26. The molecule has 0 saturated carbocycles. The number of aromatic nitrogens is 1. The summed E-state index contributed by atoms with van der Waals surface area (Å²) < 4.78 is 10.5. The molecule has 0 aromatic carbocycles. The molecule has 2 heterocycles. The molecule has 1 unspecified atom stereocenters. The van der Waals surface area contributed by atoms with Crippen molar-refractivity contribution in [1.82, 2.24) is 9.88 Å². The first-order valence-corrected chi connectivity index (χ1v) is 5.09. The van der Waals surface area contributed by atoms with E-state index in [1.54, 1.807) is 0 Å². The minimum atomic E-state index is -0.0511. The van der Waals surface area contributed by atoms with E-state index in [1.807, 2.05) is 6.07 Å². The second-order valence-electron chi connectivity index (χ2n) is 3.98. The van der Waals surface area contributed by atoms with Crippen LogP contribution in [0.1, 0.15) is 18.2 Å². The molecule has 0 fully saturated rings. The van der Waals surface area contributed by atoms with Gasteiger partial charge in [0.2, 0.25) is 0 Å². The van der Waals surface area contributed by atoms with Gasteiger partial charge >= 0.3 is 87.9 Å². The summed E-state index contributed by atoms with van der Waals surface area (Å²) >= 11 is 0. The quantitative estimate of drug-likeness (QED) is 0.696. The van der Waals surface area contributed by atoms with Crippen LogP contribution in [0.4, 0.5) is 0 Å². The molecule has 0 bridgehead atoms.